The summed E-state index contributed by atoms with van der Waals surface area (Å²) in [6.07, 6.45) is 13.4. The fourth-order valence-corrected chi connectivity index (χ4v) is 9.28. The zero-order chi connectivity index (χ0) is 21.5. The van der Waals surface area contributed by atoms with E-state index in [2.05, 4.69) is 39.1 Å². The van der Waals surface area contributed by atoms with Crippen LogP contribution in [0.25, 0.3) is 0 Å². The Balaban J connectivity index is 1.29. The van der Waals surface area contributed by atoms with E-state index < -0.39 is 0 Å². The average molecular weight is 426 g/mol. The first-order valence-electron chi connectivity index (χ1n) is 13.3. The van der Waals surface area contributed by atoms with E-state index in [0.29, 0.717) is 23.5 Å². The number of allylic oxidation sites excluding steroid dienone is 2. The predicted molar refractivity (Wildman–Crippen MR) is 125 cm³/mol. The fraction of sp³-hybridized carbons (Fsp3) is 0.857. The minimum Gasteiger partial charge on any atom is -0.389 e. The minimum atomic E-state index is -0.201. The van der Waals surface area contributed by atoms with Crippen LogP contribution < -0.4 is 5.32 Å². The van der Waals surface area contributed by atoms with Crippen molar-refractivity contribution in [1.29, 1.82) is 0 Å². The van der Waals surface area contributed by atoms with Crippen molar-refractivity contribution in [3.8, 4) is 0 Å². The smallest absolute Gasteiger partial charge is 0.0765 e. The molecule has 6 aliphatic rings. The number of rotatable bonds is 0. The van der Waals surface area contributed by atoms with Gasteiger partial charge in [-0.1, -0.05) is 43.6 Å². The Kier molecular flexibility index (Phi) is 4.85. The van der Waals surface area contributed by atoms with Crippen LogP contribution in [0.15, 0.2) is 22.8 Å². The molecule has 3 heteroatoms. The Morgan fingerprint density at radius 2 is 2.00 bits per heavy atom. The SMILES string of the molecule is CC1=C2C[C@H]3C(CCC4=C[C@@H](O)CC[C@@]43C)[C@@H]2CC[C@@]2(C1)O[C@@H]1C[C@H](C)CN[C@H]1[C@H]2C. The van der Waals surface area contributed by atoms with E-state index in [1.165, 1.54) is 44.9 Å². The molecule has 2 heterocycles. The summed E-state index contributed by atoms with van der Waals surface area (Å²) < 4.78 is 7.01. The van der Waals surface area contributed by atoms with E-state index in [-0.39, 0.29) is 11.7 Å². The summed E-state index contributed by atoms with van der Waals surface area (Å²) in [5.41, 5.74) is 5.44. The van der Waals surface area contributed by atoms with Crippen molar-refractivity contribution >= 4 is 0 Å². The molecule has 2 N–H and O–H groups in total. The van der Waals surface area contributed by atoms with Gasteiger partial charge in [0.1, 0.15) is 0 Å². The standard InChI is InChI=1S/C28H43NO2/c1-16-11-25-26(29-15-16)18(3)28(31-25)10-8-21-22-6-5-19-12-20(30)7-9-27(19,4)24(22)13-23(21)17(2)14-28/h12,16,18,20-22,24-26,29-30H,5-11,13-15H2,1-4H3/t16-,18+,20-,21-,22?,24-,25+,26-,27-,28-/m0/s1. The first-order chi connectivity index (χ1) is 14.8. The Bertz CT molecular complexity index is 816. The molecule has 0 bridgehead atoms. The third-order valence-electron chi connectivity index (χ3n) is 11.1. The normalized spacial score (nSPS) is 54.0. The Labute approximate surface area is 189 Å². The number of aliphatic hydroxyl groups is 1. The van der Waals surface area contributed by atoms with Gasteiger partial charge in [-0.3, -0.25) is 0 Å². The lowest BCUT2D eigenvalue weighted by Crippen LogP contribution is -2.48. The first-order valence-corrected chi connectivity index (χ1v) is 13.3. The summed E-state index contributed by atoms with van der Waals surface area (Å²) in [6.45, 7) is 11.0. The van der Waals surface area contributed by atoms with Crippen LogP contribution in [-0.4, -0.2) is 35.5 Å². The highest BCUT2D eigenvalue weighted by atomic mass is 16.5. The third kappa shape index (κ3) is 3.02. The second-order valence-electron chi connectivity index (χ2n) is 12.6. The van der Waals surface area contributed by atoms with Gasteiger partial charge in [-0.05, 0) is 100 Å². The summed E-state index contributed by atoms with van der Waals surface area (Å²) in [4.78, 5) is 0. The van der Waals surface area contributed by atoms with Crippen LogP contribution in [0, 0.1) is 35.0 Å². The molecule has 0 aromatic heterocycles. The second kappa shape index (κ2) is 7.18. The van der Waals surface area contributed by atoms with Gasteiger partial charge in [0.2, 0.25) is 0 Å². The molecule has 172 valence electrons. The summed E-state index contributed by atoms with van der Waals surface area (Å²) in [5, 5.41) is 14.1. The van der Waals surface area contributed by atoms with Gasteiger partial charge in [-0.15, -0.1) is 0 Å². The van der Waals surface area contributed by atoms with Crippen LogP contribution in [-0.2, 0) is 4.74 Å². The molecule has 4 fully saturated rings. The Morgan fingerprint density at radius 1 is 1.16 bits per heavy atom. The Hall–Kier alpha value is -0.640. The molecule has 0 amide bonds. The monoisotopic (exact) mass is 425 g/mol. The van der Waals surface area contributed by atoms with Crippen LogP contribution in [0.3, 0.4) is 0 Å². The van der Waals surface area contributed by atoms with Gasteiger partial charge < -0.3 is 15.2 Å². The van der Waals surface area contributed by atoms with Crippen LogP contribution in [0.4, 0.5) is 0 Å². The highest BCUT2D eigenvalue weighted by Gasteiger charge is 2.58. The first kappa shape index (κ1) is 20.9. The van der Waals surface area contributed by atoms with Crippen LogP contribution in [0.1, 0.15) is 85.5 Å². The van der Waals surface area contributed by atoms with Crippen molar-refractivity contribution < 1.29 is 9.84 Å². The molecule has 0 aromatic carbocycles. The van der Waals surface area contributed by atoms with E-state index in [1.54, 1.807) is 11.1 Å². The van der Waals surface area contributed by atoms with E-state index >= 15 is 0 Å². The molecule has 1 spiro atoms. The third-order valence-corrected chi connectivity index (χ3v) is 11.1. The molecule has 4 aliphatic carbocycles. The number of nitrogens with one attached hydrogen (secondary N) is 1. The topological polar surface area (TPSA) is 41.5 Å². The van der Waals surface area contributed by atoms with Crippen molar-refractivity contribution in [3.63, 3.8) is 0 Å². The molecule has 2 saturated carbocycles. The largest absolute Gasteiger partial charge is 0.389 e. The minimum absolute atomic E-state index is 0.0574. The lowest BCUT2D eigenvalue weighted by Gasteiger charge is -2.49. The molecule has 0 radical (unpaired) electrons. The van der Waals surface area contributed by atoms with Crippen LogP contribution >= 0.6 is 0 Å². The highest BCUT2D eigenvalue weighted by molar-refractivity contribution is 5.33. The molecule has 10 atom stereocenters. The van der Waals surface area contributed by atoms with E-state index in [0.717, 1.165) is 43.1 Å². The van der Waals surface area contributed by atoms with Crippen molar-refractivity contribution in [2.75, 3.05) is 6.54 Å². The van der Waals surface area contributed by atoms with Gasteiger partial charge >= 0.3 is 0 Å². The molecule has 0 aromatic rings. The van der Waals surface area contributed by atoms with E-state index in [4.69, 9.17) is 4.74 Å². The quantitative estimate of drug-likeness (QED) is 0.511. The van der Waals surface area contributed by atoms with Gasteiger partial charge in [0, 0.05) is 12.0 Å². The van der Waals surface area contributed by atoms with Crippen LogP contribution in [0.2, 0.25) is 0 Å². The number of fused-ring (bicyclic) bond motifs is 6. The van der Waals surface area contributed by atoms with Crippen molar-refractivity contribution in [2.45, 2.75) is 109 Å². The lowest BCUT2D eigenvalue weighted by molar-refractivity contribution is -0.0721. The summed E-state index contributed by atoms with van der Waals surface area (Å²) in [7, 11) is 0. The lowest BCUT2D eigenvalue weighted by atomic mass is 9.56. The number of hydrogen-bond donors (Lipinski definition) is 2. The van der Waals surface area contributed by atoms with Gasteiger partial charge in [0.15, 0.2) is 0 Å². The predicted octanol–water partition coefficient (Wildman–Crippen LogP) is 5.39. The number of aliphatic hydroxyl groups excluding tert-OH is 1. The fourth-order valence-electron chi connectivity index (χ4n) is 9.28. The van der Waals surface area contributed by atoms with Crippen molar-refractivity contribution in [1.82, 2.24) is 5.32 Å². The molecule has 3 nitrogen and oxygen atoms in total. The van der Waals surface area contributed by atoms with E-state index in [1.807, 2.05) is 5.57 Å². The average Bonchev–Trinajstić information content (AvgIpc) is 3.19. The number of hydrogen-bond acceptors (Lipinski definition) is 3. The molecule has 2 saturated heterocycles. The van der Waals surface area contributed by atoms with Crippen molar-refractivity contribution in [3.05, 3.63) is 22.8 Å². The van der Waals surface area contributed by atoms with Gasteiger partial charge in [0.05, 0.1) is 17.8 Å². The summed E-state index contributed by atoms with van der Waals surface area (Å²) in [5.74, 6) is 3.74. The second-order valence-corrected chi connectivity index (χ2v) is 12.6. The maximum atomic E-state index is 10.2. The molecular formula is C28H43NO2. The number of piperidine rings is 1. The van der Waals surface area contributed by atoms with Crippen LogP contribution in [0.5, 0.6) is 0 Å². The molecule has 1 unspecified atom stereocenters. The molecular weight excluding hydrogens is 382 g/mol. The number of ether oxygens (including phenoxy) is 1. The molecule has 2 aliphatic heterocycles. The molecule has 6 rings (SSSR count). The summed E-state index contributed by atoms with van der Waals surface area (Å²) in [6, 6.07) is 0.551. The van der Waals surface area contributed by atoms with Gasteiger partial charge in [-0.25, -0.2) is 0 Å². The zero-order valence-electron chi connectivity index (χ0n) is 20.1. The summed E-state index contributed by atoms with van der Waals surface area (Å²) >= 11 is 0. The van der Waals surface area contributed by atoms with Gasteiger partial charge in [0.25, 0.3) is 0 Å². The van der Waals surface area contributed by atoms with Gasteiger partial charge in [-0.2, -0.15) is 0 Å². The Morgan fingerprint density at radius 3 is 2.84 bits per heavy atom. The maximum absolute atomic E-state index is 10.2. The molecule has 31 heavy (non-hydrogen) atoms. The zero-order valence-corrected chi connectivity index (χ0v) is 20.1. The highest BCUT2D eigenvalue weighted by Crippen LogP contribution is 2.64. The van der Waals surface area contributed by atoms with Crippen molar-refractivity contribution in [2.24, 2.45) is 35.0 Å². The van der Waals surface area contributed by atoms with E-state index in [9.17, 15) is 5.11 Å². The maximum Gasteiger partial charge on any atom is 0.0765 e.